The van der Waals surface area contributed by atoms with Crippen molar-refractivity contribution in [2.75, 3.05) is 17.7 Å². The third kappa shape index (κ3) is 4.66. The van der Waals surface area contributed by atoms with Crippen molar-refractivity contribution in [2.45, 2.75) is 30.8 Å². The summed E-state index contributed by atoms with van der Waals surface area (Å²) in [5.74, 6) is 2.20. The van der Waals surface area contributed by atoms with Gasteiger partial charge in [0.05, 0.1) is 0 Å². The van der Waals surface area contributed by atoms with E-state index in [9.17, 15) is 0 Å². The van der Waals surface area contributed by atoms with Crippen LogP contribution in [-0.4, -0.2) is 42.8 Å². The van der Waals surface area contributed by atoms with Crippen LogP contribution in [0.25, 0.3) is 5.95 Å². The van der Waals surface area contributed by atoms with Crippen LogP contribution in [0.5, 0.6) is 0 Å². The quantitative estimate of drug-likeness (QED) is 0.624. The summed E-state index contributed by atoms with van der Waals surface area (Å²) >= 11 is 1.57. The highest BCUT2D eigenvalue weighted by atomic mass is 32.2. The molecule has 8 nitrogen and oxygen atoms in total. The Morgan fingerprint density at radius 1 is 1.08 bits per heavy atom. The molecule has 2 aromatic heterocycles. The molecule has 0 saturated carbocycles. The molecule has 0 aliphatic rings. The molecule has 9 heteroatoms. The molecular formula is C16H20N8S. The van der Waals surface area contributed by atoms with E-state index in [4.69, 9.17) is 0 Å². The Hall–Kier alpha value is -2.68. The number of thioether (sulfide) groups is 1. The van der Waals surface area contributed by atoms with Gasteiger partial charge in [0.2, 0.25) is 17.1 Å². The summed E-state index contributed by atoms with van der Waals surface area (Å²) in [6.45, 7) is 4.05. The van der Waals surface area contributed by atoms with Gasteiger partial charge in [-0.05, 0) is 19.4 Å². The maximum Gasteiger partial charge on any atom is 0.258 e. The minimum absolute atomic E-state index is 0.215. The molecule has 3 rings (SSSR count). The van der Waals surface area contributed by atoms with E-state index in [2.05, 4.69) is 47.8 Å². The molecule has 0 fully saturated rings. The van der Waals surface area contributed by atoms with Crippen LogP contribution in [0.4, 0.5) is 11.9 Å². The van der Waals surface area contributed by atoms with Crippen molar-refractivity contribution in [2.24, 2.45) is 0 Å². The van der Waals surface area contributed by atoms with Crippen molar-refractivity contribution in [3.63, 3.8) is 0 Å². The van der Waals surface area contributed by atoms with Crippen LogP contribution in [0.15, 0.2) is 41.8 Å². The second-order valence-electron chi connectivity index (χ2n) is 5.58. The van der Waals surface area contributed by atoms with Gasteiger partial charge in [0, 0.05) is 18.8 Å². The van der Waals surface area contributed by atoms with Crippen LogP contribution in [-0.2, 0) is 5.75 Å². The summed E-state index contributed by atoms with van der Waals surface area (Å²) < 4.78 is 1.56. The van der Waals surface area contributed by atoms with E-state index in [0.29, 0.717) is 23.0 Å². The lowest BCUT2D eigenvalue weighted by molar-refractivity contribution is 0.765. The van der Waals surface area contributed by atoms with Crippen molar-refractivity contribution < 1.29 is 0 Å². The number of rotatable bonds is 7. The number of aromatic nitrogens is 6. The fraction of sp³-hybridized carbons (Fsp3) is 0.312. The Morgan fingerprint density at radius 2 is 1.84 bits per heavy atom. The lowest BCUT2D eigenvalue weighted by Gasteiger charge is -2.10. The Balaban J connectivity index is 1.76. The Bertz CT molecular complexity index is 818. The van der Waals surface area contributed by atoms with E-state index in [1.807, 2.05) is 32.0 Å². The van der Waals surface area contributed by atoms with Crippen LogP contribution in [0.2, 0.25) is 0 Å². The minimum atomic E-state index is 0.215. The highest BCUT2D eigenvalue weighted by Crippen LogP contribution is 2.19. The molecule has 130 valence electrons. The third-order valence-corrected chi connectivity index (χ3v) is 4.07. The van der Waals surface area contributed by atoms with Crippen LogP contribution in [0, 0.1) is 0 Å². The molecule has 2 N–H and O–H groups in total. The first-order chi connectivity index (χ1) is 12.1. The molecule has 1 aromatic carbocycles. The van der Waals surface area contributed by atoms with E-state index in [1.165, 1.54) is 5.56 Å². The van der Waals surface area contributed by atoms with Crippen LogP contribution in [0.3, 0.4) is 0 Å². The van der Waals surface area contributed by atoms with Gasteiger partial charge in [-0.2, -0.15) is 19.6 Å². The number of anilines is 2. The Morgan fingerprint density at radius 3 is 2.56 bits per heavy atom. The molecule has 0 aliphatic heterocycles. The zero-order valence-corrected chi connectivity index (χ0v) is 15.2. The van der Waals surface area contributed by atoms with Crippen molar-refractivity contribution in [3.05, 3.63) is 42.2 Å². The standard InChI is InChI=1S/C16H20N8S/c1-11(2)19-14-20-13(17-3)21-15(22-14)24-10-18-16(23-24)25-9-12-7-5-4-6-8-12/h4-8,10-11H,9H2,1-3H3,(H2,17,19,20,21,22). The van der Waals surface area contributed by atoms with Gasteiger partial charge in [-0.25, -0.2) is 4.98 Å². The molecule has 0 aliphatic carbocycles. The molecule has 25 heavy (non-hydrogen) atoms. The lowest BCUT2D eigenvalue weighted by atomic mass is 10.2. The van der Waals surface area contributed by atoms with Gasteiger partial charge in [-0.15, -0.1) is 5.10 Å². The van der Waals surface area contributed by atoms with Crippen molar-refractivity contribution in [1.29, 1.82) is 0 Å². The van der Waals surface area contributed by atoms with Crippen LogP contribution < -0.4 is 10.6 Å². The van der Waals surface area contributed by atoms with Crippen molar-refractivity contribution >= 4 is 23.7 Å². The molecule has 0 spiro atoms. The van der Waals surface area contributed by atoms with Gasteiger partial charge in [-0.1, -0.05) is 42.1 Å². The summed E-state index contributed by atoms with van der Waals surface area (Å²) in [4.78, 5) is 17.4. The highest BCUT2D eigenvalue weighted by molar-refractivity contribution is 7.98. The number of nitrogens with one attached hydrogen (secondary N) is 2. The van der Waals surface area contributed by atoms with E-state index >= 15 is 0 Å². The largest absolute Gasteiger partial charge is 0.357 e. The molecule has 0 saturated heterocycles. The average Bonchev–Trinajstić information content (AvgIpc) is 3.09. The number of benzene rings is 1. The minimum Gasteiger partial charge on any atom is -0.357 e. The topological polar surface area (TPSA) is 93.4 Å². The number of hydrogen-bond acceptors (Lipinski definition) is 8. The summed E-state index contributed by atoms with van der Waals surface area (Å²) in [6.07, 6.45) is 1.61. The Kier molecular flexibility index (Phi) is 5.44. The number of nitrogens with zero attached hydrogens (tertiary/aromatic N) is 6. The molecule has 0 atom stereocenters. The predicted molar refractivity (Wildman–Crippen MR) is 99.1 cm³/mol. The van der Waals surface area contributed by atoms with Gasteiger partial charge < -0.3 is 10.6 Å². The zero-order valence-electron chi connectivity index (χ0n) is 14.3. The monoisotopic (exact) mass is 356 g/mol. The second kappa shape index (κ2) is 7.93. The first-order valence-electron chi connectivity index (χ1n) is 7.93. The molecule has 0 radical (unpaired) electrons. The maximum atomic E-state index is 4.45. The summed E-state index contributed by atoms with van der Waals surface area (Å²) in [7, 11) is 1.76. The number of hydrogen-bond donors (Lipinski definition) is 2. The Labute approximate surface area is 150 Å². The molecule has 0 unspecified atom stereocenters. The van der Waals surface area contributed by atoms with Crippen molar-refractivity contribution in [1.82, 2.24) is 29.7 Å². The fourth-order valence-corrected chi connectivity index (χ4v) is 2.79. The first kappa shape index (κ1) is 17.2. The molecular weight excluding hydrogens is 336 g/mol. The van der Waals surface area contributed by atoms with Crippen LogP contribution in [0.1, 0.15) is 19.4 Å². The van der Waals surface area contributed by atoms with E-state index in [1.54, 1.807) is 29.8 Å². The van der Waals surface area contributed by atoms with Crippen LogP contribution >= 0.6 is 11.8 Å². The van der Waals surface area contributed by atoms with E-state index in [-0.39, 0.29) is 6.04 Å². The summed E-state index contributed by atoms with van der Waals surface area (Å²) in [5, 5.41) is 11.2. The van der Waals surface area contributed by atoms with E-state index < -0.39 is 0 Å². The maximum absolute atomic E-state index is 4.45. The first-order valence-corrected chi connectivity index (χ1v) is 8.91. The van der Waals surface area contributed by atoms with E-state index in [0.717, 1.165) is 5.75 Å². The smallest absolute Gasteiger partial charge is 0.258 e. The fourth-order valence-electron chi connectivity index (χ4n) is 2.03. The second-order valence-corrected chi connectivity index (χ2v) is 6.52. The third-order valence-electron chi connectivity index (χ3n) is 3.15. The lowest BCUT2D eigenvalue weighted by Crippen LogP contribution is -2.16. The predicted octanol–water partition coefficient (Wildman–Crippen LogP) is 2.61. The summed E-state index contributed by atoms with van der Waals surface area (Å²) in [5.41, 5.74) is 1.23. The zero-order chi connectivity index (χ0) is 17.6. The molecule has 2 heterocycles. The summed E-state index contributed by atoms with van der Waals surface area (Å²) in [6, 6.07) is 10.4. The van der Waals surface area contributed by atoms with Gasteiger partial charge in [0.15, 0.2) is 0 Å². The van der Waals surface area contributed by atoms with Gasteiger partial charge in [0.1, 0.15) is 6.33 Å². The van der Waals surface area contributed by atoms with Gasteiger partial charge in [-0.3, -0.25) is 0 Å². The normalized spacial score (nSPS) is 10.9. The highest BCUT2D eigenvalue weighted by Gasteiger charge is 2.11. The average molecular weight is 356 g/mol. The van der Waals surface area contributed by atoms with Gasteiger partial charge in [0.25, 0.3) is 5.95 Å². The molecule has 3 aromatic rings. The SMILES string of the molecule is CNc1nc(NC(C)C)nc(-n2cnc(SCc3ccccc3)n2)n1. The van der Waals surface area contributed by atoms with Crippen molar-refractivity contribution in [3.8, 4) is 5.95 Å². The molecule has 0 amide bonds. The molecule has 0 bridgehead atoms. The van der Waals surface area contributed by atoms with Gasteiger partial charge >= 0.3 is 0 Å².